The Morgan fingerprint density at radius 1 is 0.917 bits per heavy atom. The number of primary amides is 1. The van der Waals surface area contributed by atoms with Crippen molar-refractivity contribution >= 4 is 29.4 Å². The molecule has 1 fully saturated rings. The lowest BCUT2D eigenvalue weighted by Crippen LogP contribution is -2.39. The smallest absolute Gasteiger partial charge is 0.394 e. The van der Waals surface area contributed by atoms with Crippen molar-refractivity contribution in [3.05, 3.63) is 32.6 Å². The highest BCUT2D eigenvalue weighted by Crippen LogP contribution is 2.28. The third-order valence-corrected chi connectivity index (χ3v) is 3.20. The lowest BCUT2D eigenvalue weighted by Gasteiger charge is -2.17. The second-order valence-corrected chi connectivity index (χ2v) is 9.31. The standard InChI is InChI=1S/C11H15N3O7.3H3O4P/c12-6(16)1-4-2-14(11(20)13-9(4)19)10-8(18)7(17)5(3-15)21-10;3*1-5(2,3)4/h2,5,7-8,10,15,17-18H,1,3H2,(H2,12,16)(H,13,19,20);3*(H3,1,2,3,4)/t5-,7-,8-,10-;;;/m1.../s1. The number of phosphoric acid groups is 3. The highest BCUT2D eigenvalue weighted by molar-refractivity contribution is 7.45. The van der Waals surface area contributed by atoms with Crippen molar-refractivity contribution in [2.45, 2.75) is 31.0 Å². The molecule has 212 valence electrons. The fourth-order valence-electron chi connectivity index (χ4n) is 2.14. The monoisotopic (exact) mass is 595 g/mol. The highest BCUT2D eigenvalue weighted by Gasteiger charge is 2.43. The first-order valence-corrected chi connectivity index (χ1v) is 13.1. The van der Waals surface area contributed by atoms with Crippen molar-refractivity contribution in [3.63, 3.8) is 0 Å². The molecular weight excluding hydrogens is 571 g/mol. The highest BCUT2D eigenvalue weighted by atomic mass is 31.2. The molecule has 15 N–H and O–H groups in total. The topological polar surface area (TPSA) is 401 Å². The first kappa shape index (κ1) is 36.5. The van der Waals surface area contributed by atoms with Crippen molar-refractivity contribution in [3.8, 4) is 0 Å². The van der Waals surface area contributed by atoms with Crippen molar-refractivity contribution in [2.24, 2.45) is 5.73 Å². The van der Waals surface area contributed by atoms with Crippen LogP contribution in [0.3, 0.4) is 0 Å². The molecule has 1 aliphatic heterocycles. The zero-order valence-corrected chi connectivity index (χ0v) is 20.1. The fourth-order valence-corrected chi connectivity index (χ4v) is 2.14. The van der Waals surface area contributed by atoms with Gasteiger partial charge in [0, 0.05) is 11.8 Å². The van der Waals surface area contributed by atoms with Gasteiger partial charge < -0.3 is 69.8 Å². The predicted molar refractivity (Wildman–Crippen MR) is 110 cm³/mol. The quantitative estimate of drug-likeness (QED) is 0.144. The molecule has 1 saturated heterocycles. The van der Waals surface area contributed by atoms with E-state index in [2.05, 4.69) is 0 Å². The molecule has 0 saturated carbocycles. The summed E-state index contributed by atoms with van der Waals surface area (Å²) >= 11 is 0. The van der Waals surface area contributed by atoms with E-state index in [0.29, 0.717) is 0 Å². The first-order valence-electron chi connectivity index (χ1n) is 8.45. The van der Waals surface area contributed by atoms with Gasteiger partial charge in [-0.15, -0.1) is 0 Å². The van der Waals surface area contributed by atoms with Gasteiger partial charge >= 0.3 is 29.2 Å². The number of hydrogen-bond donors (Lipinski definition) is 14. The van der Waals surface area contributed by atoms with Crippen LogP contribution in [0, 0.1) is 0 Å². The van der Waals surface area contributed by atoms with Gasteiger partial charge in [0.1, 0.15) is 18.3 Å². The molecule has 0 unspecified atom stereocenters. The maximum Gasteiger partial charge on any atom is 0.466 e. The van der Waals surface area contributed by atoms with Crippen LogP contribution < -0.4 is 17.0 Å². The number of rotatable bonds is 4. The van der Waals surface area contributed by atoms with Crippen molar-refractivity contribution in [1.82, 2.24) is 9.55 Å². The van der Waals surface area contributed by atoms with E-state index in [1.165, 1.54) is 0 Å². The molecule has 0 aromatic carbocycles. The van der Waals surface area contributed by atoms with Crippen LogP contribution in [0.4, 0.5) is 0 Å². The first-order chi connectivity index (χ1) is 15.8. The molecule has 2 heterocycles. The van der Waals surface area contributed by atoms with Crippen LogP contribution in [0.25, 0.3) is 0 Å². The fraction of sp³-hybridized carbons (Fsp3) is 0.545. The Morgan fingerprint density at radius 2 is 1.31 bits per heavy atom. The van der Waals surface area contributed by atoms with Gasteiger partial charge in [-0.2, -0.15) is 0 Å². The van der Waals surface area contributed by atoms with E-state index in [4.69, 9.17) is 73.3 Å². The summed E-state index contributed by atoms with van der Waals surface area (Å²) in [7, 11) is -13.9. The van der Waals surface area contributed by atoms with Gasteiger partial charge in [0.2, 0.25) is 5.91 Å². The van der Waals surface area contributed by atoms with E-state index in [-0.39, 0.29) is 5.56 Å². The molecule has 4 atom stereocenters. The third-order valence-electron chi connectivity index (χ3n) is 3.20. The summed E-state index contributed by atoms with van der Waals surface area (Å²) in [5.41, 5.74) is 3.25. The minimum absolute atomic E-state index is 0.0835. The SMILES string of the molecule is NC(=O)Cc1cn([C@@H]2O[C@H](CO)[C@@H](O)[C@H]2O)c(=O)[nH]c1=O.O=P(O)(O)O.O=P(O)(O)O.O=P(O)(O)O. The van der Waals surface area contributed by atoms with E-state index < -0.39 is 78.2 Å². The Morgan fingerprint density at radius 3 is 1.61 bits per heavy atom. The number of carbonyl (C=O) groups is 1. The van der Waals surface area contributed by atoms with Crippen molar-refractivity contribution in [2.75, 3.05) is 6.61 Å². The molecule has 0 spiro atoms. The molecule has 1 aliphatic rings. The summed E-state index contributed by atoms with van der Waals surface area (Å²) in [6, 6.07) is 0. The molecule has 0 radical (unpaired) electrons. The van der Waals surface area contributed by atoms with Gasteiger partial charge in [-0.25, -0.2) is 18.5 Å². The second-order valence-electron chi connectivity index (χ2n) is 6.23. The number of hydrogen-bond acceptors (Lipinski definition) is 10. The van der Waals surface area contributed by atoms with Gasteiger partial charge in [0.25, 0.3) is 5.56 Å². The predicted octanol–water partition coefficient (Wildman–Crippen LogP) is -6.61. The van der Waals surface area contributed by atoms with Gasteiger partial charge in [0.15, 0.2) is 6.23 Å². The van der Waals surface area contributed by atoms with Crippen LogP contribution in [-0.2, 0) is 29.6 Å². The lowest BCUT2D eigenvalue weighted by atomic mass is 10.1. The Kier molecular flexibility index (Phi) is 15.1. The summed E-state index contributed by atoms with van der Waals surface area (Å²) < 4.78 is 32.7. The molecule has 0 aliphatic carbocycles. The molecule has 0 bridgehead atoms. The van der Waals surface area contributed by atoms with E-state index in [9.17, 15) is 24.6 Å². The van der Waals surface area contributed by atoms with Crippen LogP contribution in [0.5, 0.6) is 0 Å². The molecule has 1 aromatic heterocycles. The summed E-state index contributed by atoms with van der Waals surface area (Å²) in [5, 5.41) is 28.5. The van der Waals surface area contributed by atoms with Gasteiger partial charge in [-0.05, 0) is 0 Å². The minimum atomic E-state index is -4.64. The minimum Gasteiger partial charge on any atom is -0.394 e. The van der Waals surface area contributed by atoms with Crippen LogP contribution in [0.2, 0.25) is 0 Å². The van der Waals surface area contributed by atoms with Crippen molar-refractivity contribution in [1.29, 1.82) is 0 Å². The summed E-state index contributed by atoms with van der Waals surface area (Å²) in [4.78, 5) is 101. The van der Waals surface area contributed by atoms with E-state index >= 15 is 0 Å². The molecule has 36 heavy (non-hydrogen) atoms. The van der Waals surface area contributed by atoms with E-state index in [0.717, 1.165) is 10.8 Å². The van der Waals surface area contributed by atoms with E-state index in [1.807, 2.05) is 4.98 Å². The Balaban J connectivity index is 0. The van der Waals surface area contributed by atoms with Crippen molar-refractivity contribution < 1.29 is 82.6 Å². The van der Waals surface area contributed by atoms with Crippen LogP contribution >= 0.6 is 23.5 Å². The van der Waals surface area contributed by atoms with Crippen LogP contribution in [-0.4, -0.2) is 99.7 Å². The lowest BCUT2D eigenvalue weighted by molar-refractivity contribution is -0.117. The zero-order valence-electron chi connectivity index (χ0n) is 17.4. The van der Waals surface area contributed by atoms with E-state index in [1.54, 1.807) is 0 Å². The van der Waals surface area contributed by atoms with Gasteiger partial charge in [0.05, 0.1) is 13.0 Å². The maximum absolute atomic E-state index is 11.8. The Hall–Kier alpha value is -1.68. The largest absolute Gasteiger partial charge is 0.466 e. The third kappa shape index (κ3) is 19.5. The summed E-state index contributed by atoms with van der Waals surface area (Å²) in [6.07, 6.45) is -4.60. The number of aromatic nitrogens is 2. The number of nitrogens with one attached hydrogen (secondary N) is 1. The summed E-state index contributed by atoms with van der Waals surface area (Å²) in [6.45, 7) is -0.555. The molecule has 1 amide bonds. The number of amides is 1. The molecule has 2 rings (SSSR count). The normalized spacial score (nSPS) is 21.7. The van der Waals surface area contributed by atoms with Crippen LogP contribution in [0.15, 0.2) is 15.8 Å². The average molecular weight is 595 g/mol. The summed E-state index contributed by atoms with van der Waals surface area (Å²) in [5.74, 6) is -0.771. The number of nitrogens with zero attached hydrogens (tertiary/aromatic N) is 1. The molecule has 25 heteroatoms. The molecule has 22 nitrogen and oxygen atoms in total. The number of carbonyl (C=O) groups excluding carboxylic acids is 1. The second kappa shape index (κ2) is 14.9. The number of aliphatic hydroxyl groups is 3. The van der Waals surface area contributed by atoms with Gasteiger partial charge in [-0.3, -0.25) is 19.1 Å². The number of aromatic amines is 1. The zero-order chi connectivity index (χ0) is 29.2. The number of ether oxygens (including phenoxy) is 1. The number of H-pyrrole nitrogens is 1. The Labute approximate surface area is 198 Å². The van der Waals surface area contributed by atoms with Gasteiger partial charge in [-0.1, -0.05) is 0 Å². The average Bonchev–Trinajstić information content (AvgIpc) is 2.87. The number of aliphatic hydroxyl groups excluding tert-OH is 3. The Bertz CT molecular complexity index is 1030. The maximum atomic E-state index is 11.8. The number of nitrogens with two attached hydrogens (primary N) is 1. The molecule has 1 aromatic rings. The van der Waals surface area contributed by atoms with Crippen LogP contribution in [0.1, 0.15) is 11.8 Å². The molecular formula is C11H24N3O19P3.